The van der Waals surface area contributed by atoms with Crippen LogP contribution < -0.4 is 10.2 Å². The van der Waals surface area contributed by atoms with Gasteiger partial charge in [-0.2, -0.15) is 9.62 Å². The van der Waals surface area contributed by atoms with Crippen LogP contribution in [0, 0.1) is 0 Å². The molecule has 0 aliphatic carbocycles. The molecular weight excluding hydrogens is 280 g/mol. The second-order valence-corrected chi connectivity index (χ2v) is 4.34. The first-order valence-corrected chi connectivity index (χ1v) is 6.62. The molecule has 0 saturated heterocycles. The highest BCUT2D eigenvalue weighted by atomic mass is 16.5. The van der Waals surface area contributed by atoms with Gasteiger partial charge in [-0.05, 0) is 30.4 Å². The normalized spacial score (nSPS) is 11.5. The zero-order chi connectivity index (χ0) is 15.2. The van der Waals surface area contributed by atoms with Crippen LogP contribution in [0.3, 0.4) is 0 Å². The minimum absolute atomic E-state index is 0.606. The van der Waals surface area contributed by atoms with E-state index in [-0.39, 0.29) is 0 Å². The number of hydrogen-bond donors (Lipinski definition) is 1. The third kappa shape index (κ3) is 3.09. The van der Waals surface area contributed by atoms with Crippen molar-refractivity contribution >= 4 is 23.8 Å². The molecule has 0 aliphatic heterocycles. The van der Waals surface area contributed by atoms with Crippen LogP contribution in [-0.4, -0.2) is 33.1 Å². The molecule has 2 aromatic heterocycles. The summed E-state index contributed by atoms with van der Waals surface area (Å²) in [5, 5.41) is 16.0. The molecule has 0 saturated carbocycles. The van der Waals surface area contributed by atoms with Crippen LogP contribution in [0.15, 0.2) is 53.9 Å². The zero-order valence-corrected chi connectivity index (χ0v) is 11.9. The number of aromatic nitrogens is 4. The topological polar surface area (TPSA) is 76.7 Å². The molecule has 0 bridgehead atoms. The molecule has 0 aliphatic rings. The highest BCUT2D eigenvalue weighted by Gasteiger charge is 1.97. The number of methoxy groups -OCH3 is 1. The lowest BCUT2D eigenvalue weighted by Gasteiger charge is -2.02. The van der Waals surface area contributed by atoms with Crippen molar-refractivity contribution in [2.24, 2.45) is 5.10 Å². The summed E-state index contributed by atoms with van der Waals surface area (Å²) in [7, 11) is 1.65. The zero-order valence-electron chi connectivity index (χ0n) is 11.9. The molecule has 22 heavy (non-hydrogen) atoms. The van der Waals surface area contributed by atoms with Crippen molar-refractivity contribution in [3.63, 3.8) is 0 Å². The maximum absolute atomic E-state index is 5.27. The summed E-state index contributed by atoms with van der Waals surface area (Å²) in [6.07, 6.45) is 6.92. The van der Waals surface area contributed by atoms with Gasteiger partial charge in [-0.25, -0.2) is 0 Å². The van der Waals surface area contributed by atoms with E-state index in [1.54, 1.807) is 23.9 Å². The van der Waals surface area contributed by atoms with Gasteiger partial charge in [0, 0.05) is 11.8 Å². The third-order valence-corrected chi connectivity index (χ3v) is 2.92. The Morgan fingerprint density at radius 3 is 3.05 bits per heavy atom. The molecule has 0 unspecified atom stereocenters. The van der Waals surface area contributed by atoms with E-state index in [2.05, 4.69) is 25.8 Å². The van der Waals surface area contributed by atoms with E-state index in [0.717, 1.165) is 11.3 Å². The van der Waals surface area contributed by atoms with Gasteiger partial charge in [-0.3, -0.25) is 5.43 Å². The van der Waals surface area contributed by atoms with Gasteiger partial charge in [0.2, 0.25) is 0 Å². The van der Waals surface area contributed by atoms with Crippen molar-refractivity contribution < 1.29 is 4.74 Å². The molecule has 7 nitrogen and oxygen atoms in total. The summed E-state index contributed by atoms with van der Waals surface area (Å²) in [5.74, 6) is 1.43. The Balaban J connectivity index is 1.63. The lowest BCUT2D eigenvalue weighted by Crippen LogP contribution is -1.97. The molecule has 0 radical (unpaired) electrons. The van der Waals surface area contributed by atoms with Gasteiger partial charge in [0.25, 0.3) is 0 Å². The fraction of sp³-hybridized carbons (Fsp3) is 0.0667. The number of nitrogens with one attached hydrogen (secondary N) is 1. The van der Waals surface area contributed by atoms with Crippen molar-refractivity contribution in [1.82, 2.24) is 19.8 Å². The van der Waals surface area contributed by atoms with Crippen LogP contribution in [-0.2, 0) is 0 Å². The molecular formula is C15H14N6O. The third-order valence-electron chi connectivity index (χ3n) is 2.92. The van der Waals surface area contributed by atoms with Crippen LogP contribution in [0.1, 0.15) is 5.56 Å². The minimum Gasteiger partial charge on any atom is -0.496 e. The SMILES string of the molecule is COc1ccccc1C=CC=NNc1ccc2nncn2n1. The highest BCUT2D eigenvalue weighted by molar-refractivity contribution is 5.79. The monoisotopic (exact) mass is 294 g/mol. The average Bonchev–Trinajstić information content (AvgIpc) is 3.02. The summed E-state index contributed by atoms with van der Waals surface area (Å²) < 4.78 is 6.84. The fourth-order valence-corrected chi connectivity index (χ4v) is 1.89. The molecule has 3 rings (SSSR count). The number of para-hydroxylation sites is 1. The van der Waals surface area contributed by atoms with E-state index in [9.17, 15) is 0 Å². The first-order chi connectivity index (χ1) is 10.9. The van der Waals surface area contributed by atoms with E-state index in [1.807, 2.05) is 42.5 Å². The molecule has 0 fully saturated rings. The first-order valence-electron chi connectivity index (χ1n) is 6.62. The Hall–Kier alpha value is -3.22. The molecule has 7 heteroatoms. The molecule has 0 amide bonds. The number of anilines is 1. The number of hydrogen-bond acceptors (Lipinski definition) is 6. The van der Waals surface area contributed by atoms with Crippen molar-refractivity contribution in [3.05, 3.63) is 54.4 Å². The fourth-order valence-electron chi connectivity index (χ4n) is 1.89. The summed E-state index contributed by atoms with van der Waals surface area (Å²) in [5.41, 5.74) is 4.51. The van der Waals surface area contributed by atoms with Gasteiger partial charge in [-0.15, -0.1) is 15.3 Å². The quantitative estimate of drug-likeness (QED) is 0.577. The van der Waals surface area contributed by atoms with Crippen molar-refractivity contribution in [2.45, 2.75) is 0 Å². The lowest BCUT2D eigenvalue weighted by atomic mass is 10.2. The first kappa shape index (κ1) is 13.7. The van der Waals surface area contributed by atoms with Crippen LogP contribution in [0.4, 0.5) is 5.82 Å². The van der Waals surface area contributed by atoms with Gasteiger partial charge in [-0.1, -0.05) is 18.2 Å². The lowest BCUT2D eigenvalue weighted by molar-refractivity contribution is 0.414. The number of hydrazone groups is 1. The van der Waals surface area contributed by atoms with Gasteiger partial charge >= 0.3 is 0 Å². The largest absolute Gasteiger partial charge is 0.496 e. The summed E-state index contributed by atoms with van der Waals surface area (Å²) >= 11 is 0. The maximum atomic E-state index is 5.27. The summed E-state index contributed by atoms with van der Waals surface area (Å²) in [4.78, 5) is 0. The van der Waals surface area contributed by atoms with Crippen molar-refractivity contribution in [3.8, 4) is 5.75 Å². The van der Waals surface area contributed by atoms with E-state index in [1.165, 1.54) is 6.33 Å². The van der Waals surface area contributed by atoms with Crippen LogP contribution in [0.2, 0.25) is 0 Å². The van der Waals surface area contributed by atoms with Gasteiger partial charge in [0.05, 0.1) is 7.11 Å². The van der Waals surface area contributed by atoms with E-state index in [0.29, 0.717) is 11.5 Å². The number of allylic oxidation sites excluding steroid dienone is 1. The second kappa shape index (κ2) is 6.49. The van der Waals surface area contributed by atoms with Crippen molar-refractivity contribution in [2.75, 3.05) is 12.5 Å². The summed E-state index contributed by atoms with van der Waals surface area (Å²) in [6.45, 7) is 0. The number of nitrogens with zero attached hydrogens (tertiary/aromatic N) is 5. The summed E-state index contributed by atoms with van der Waals surface area (Å²) in [6, 6.07) is 11.4. The minimum atomic E-state index is 0.606. The molecule has 0 spiro atoms. The van der Waals surface area contributed by atoms with Crippen molar-refractivity contribution in [1.29, 1.82) is 0 Å². The smallest absolute Gasteiger partial charge is 0.177 e. The predicted molar refractivity (Wildman–Crippen MR) is 84.9 cm³/mol. The standard InChI is InChI=1S/C15H14N6O/c1-22-13-7-3-2-5-12(13)6-4-10-16-18-14-8-9-15-19-17-11-21(15)20-14/h2-11H,1H3,(H,18,20). The van der Waals surface area contributed by atoms with E-state index >= 15 is 0 Å². The molecule has 3 aromatic rings. The highest BCUT2D eigenvalue weighted by Crippen LogP contribution is 2.18. The number of benzene rings is 1. The molecule has 1 N–H and O–H groups in total. The number of rotatable bonds is 5. The van der Waals surface area contributed by atoms with Gasteiger partial charge in [0.15, 0.2) is 11.5 Å². The Morgan fingerprint density at radius 1 is 1.23 bits per heavy atom. The number of ether oxygens (including phenoxy) is 1. The van der Waals surface area contributed by atoms with E-state index in [4.69, 9.17) is 4.74 Å². The molecule has 110 valence electrons. The van der Waals surface area contributed by atoms with Crippen LogP contribution >= 0.6 is 0 Å². The Morgan fingerprint density at radius 2 is 2.14 bits per heavy atom. The predicted octanol–water partition coefficient (Wildman–Crippen LogP) is 2.24. The van der Waals surface area contributed by atoms with Gasteiger partial charge < -0.3 is 4.74 Å². The Labute approximate surface area is 127 Å². The molecule has 2 heterocycles. The maximum Gasteiger partial charge on any atom is 0.177 e. The van der Waals surface area contributed by atoms with Crippen LogP contribution in [0.25, 0.3) is 11.7 Å². The Bertz CT molecular complexity index is 824. The van der Waals surface area contributed by atoms with E-state index < -0.39 is 0 Å². The Kier molecular flexibility index (Phi) is 4.05. The number of fused-ring (bicyclic) bond motifs is 1. The second-order valence-electron chi connectivity index (χ2n) is 4.34. The molecule has 1 aromatic carbocycles. The molecule has 0 atom stereocenters. The average molecular weight is 294 g/mol. The van der Waals surface area contributed by atoms with Crippen LogP contribution in [0.5, 0.6) is 5.75 Å². The van der Waals surface area contributed by atoms with Gasteiger partial charge in [0.1, 0.15) is 12.1 Å².